The number of ether oxygens (including phenoxy) is 1. The largest absolute Gasteiger partial charge is 0.371 e. The van der Waals surface area contributed by atoms with E-state index in [0.717, 1.165) is 5.92 Å². The summed E-state index contributed by atoms with van der Waals surface area (Å²) in [5, 5.41) is 0. The molecule has 0 amide bonds. The van der Waals surface area contributed by atoms with E-state index in [2.05, 4.69) is 29.5 Å². The standard InChI is InChI=1S/C12H21IO/c1-2-10-5-7-12(9-13,8-6-10)14-11-3-4-11/h10-11H,2-9H2,1H3. The summed E-state index contributed by atoms with van der Waals surface area (Å²) < 4.78 is 7.42. The van der Waals surface area contributed by atoms with Crippen molar-refractivity contribution < 1.29 is 4.74 Å². The molecule has 0 saturated heterocycles. The van der Waals surface area contributed by atoms with Gasteiger partial charge in [-0.3, -0.25) is 0 Å². The Kier molecular flexibility index (Phi) is 3.74. The molecular weight excluding hydrogens is 287 g/mol. The van der Waals surface area contributed by atoms with Crippen LogP contribution in [0.25, 0.3) is 0 Å². The topological polar surface area (TPSA) is 9.23 Å². The molecule has 14 heavy (non-hydrogen) atoms. The maximum Gasteiger partial charge on any atom is 0.0775 e. The van der Waals surface area contributed by atoms with Crippen molar-refractivity contribution in [2.75, 3.05) is 4.43 Å². The summed E-state index contributed by atoms with van der Waals surface area (Å²) in [6.07, 6.45) is 10.0. The molecule has 0 bridgehead atoms. The molecule has 0 aliphatic heterocycles. The van der Waals surface area contributed by atoms with E-state index in [9.17, 15) is 0 Å². The minimum absolute atomic E-state index is 0.271. The first-order chi connectivity index (χ1) is 6.78. The molecular formula is C12H21IO. The van der Waals surface area contributed by atoms with Gasteiger partial charge in [-0.05, 0) is 44.4 Å². The number of hydrogen-bond donors (Lipinski definition) is 0. The van der Waals surface area contributed by atoms with Crippen LogP contribution in [0.4, 0.5) is 0 Å². The molecule has 0 spiro atoms. The van der Waals surface area contributed by atoms with Crippen LogP contribution in [0.3, 0.4) is 0 Å². The van der Waals surface area contributed by atoms with Gasteiger partial charge < -0.3 is 4.74 Å². The lowest BCUT2D eigenvalue weighted by molar-refractivity contribution is -0.0689. The van der Waals surface area contributed by atoms with Crippen LogP contribution in [0.15, 0.2) is 0 Å². The summed E-state index contributed by atoms with van der Waals surface area (Å²) in [5.74, 6) is 0.980. The van der Waals surface area contributed by atoms with E-state index in [1.165, 1.54) is 49.4 Å². The summed E-state index contributed by atoms with van der Waals surface area (Å²) >= 11 is 2.51. The summed E-state index contributed by atoms with van der Waals surface area (Å²) in [7, 11) is 0. The predicted molar refractivity (Wildman–Crippen MR) is 68.0 cm³/mol. The van der Waals surface area contributed by atoms with Gasteiger partial charge in [0.25, 0.3) is 0 Å². The molecule has 2 saturated carbocycles. The molecule has 0 aromatic heterocycles. The van der Waals surface area contributed by atoms with Crippen LogP contribution in [0.5, 0.6) is 0 Å². The van der Waals surface area contributed by atoms with Crippen LogP contribution < -0.4 is 0 Å². The first-order valence-corrected chi connectivity index (χ1v) is 7.54. The SMILES string of the molecule is CCC1CCC(CI)(OC2CC2)CC1. The van der Waals surface area contributed by atoms with E-state index in [-0.39, 0.29) is 5.60 Å². The van der Waals surface area contributed by atoms with E-state index >= 15 is 0 Å². The van der Waals surface area contributed by atoms with Crippen molar-refractivity contribution in [2.45, 2.75) is 63.6 Å². The molecule has 2 fully saturated rings. The molecule has 0 atom stereocenters. The zero-order valence-corrected chi connectivity index (χ0v) is 11.3. The molecule has 2 aliphatic rings. The molecule has 0 N–H and O–H groups in total. The van der Waals surface area contributed by atoms with Crippen LogP contribution in [-0.2, 0) is 4.74 Å². The molecule has 0 aromatic rings. The normalized spacial score (nSPS) is 38.6. The monoisotopic (exact) mass is 308 g/mol. The van der Waals surface area contributed by atoms with E-state index in [1.54, 1.807) is 0 Å². The van der Waals surface area contributed by atoms with Crippen LogP contribution in [-0.4, -0.2) is 16.1 Å². The van der Waals surface area contributed by atoms with Gasteiger partial charge in [0, 0.05) is 4.43 Å². The van der Waals surface area contributed by atoms with Gasteiger partial charge >= 0.3 is 0 Å². The number of rotatable bonds is 4. The third kappa shape index (κ3) is 2.63. The summed E-state index contributed by atoms with van der Waals surface area (Å²) in [6.45, 7) is 2.32. The maximum absolute atomic E-state index is 6.22. The lowest BCUT2D eigenvalue weighted by atomic mass is 9.79. The Morgan fingerprint density at radius 3 is 2.29 bits per heavy atom. The lowest BCUT2D eigenvalue weighted by Gasteiger charge is -2.39. The Labute approximate surface area is 101 Å². The van der Waals surface area contributed by atoms with Crippen molar-refractivity contribution >= 4 is 22.6 Å². The summed E-state index contributed by atoms with van der Waals surface area (Å²) in [6, 6.07) is 0. The highest BCUT2D eigenvalue weighted by Crippen LogP contribution is 2.41. The fourth-order valence-corrected chi connectivity index (χ4v) is 3.38. The molecule has 2 rings (SSSR count). The molecule has 2 heteroatoms. The fraction of sp³-hybridized carbons (Fsp3) is 1.00. The second-order valence-corrected chi connectivity index (χ2v) is 5.75. The van der Waals surface area contributed by atoms with Gasteiger partial charge in [-0.15, -0.1) is 0 Å². The minimum Gasteiger partial charge on any atom is -0.371 e. The minimum atomic E-state index is 0.271. The molecule has 2 aliphatic carbocycles. The van der Waals surface area contributed by atoms with Crippen molar-refractivity contribution in [1.82, 2.24) is 0 Å². The molecule has 1 nitrogen and oxygen atoms in total. The zero-order chi connectivity index (χ0) is 10.0. The Bertz CT molecular complexity index is 181. The van der Waals surface area contributed by atoms with Gasteiger partial charge in [-0.2, -0.15) is 0 Å². The second kappa shape index (κ2) is 4.69. The van der Waals surface area contributed by atoms with Gasteiger partial charge in [-0.25, -0.2) is 0 Å². The Morgan fingerprint density at radius 1 is 1.21 bits per heavy atom. The maximum atomic E-state index is 6.22. The Hall–Kier alpha value is 0.690. The average Bonchev–Trinajstić information content (AvgIpc) is 3.03. The van der Waals surface area contributed by atoms with Crippen molar-refractivity contribution in [3.8, 4) is 0 Å². The lowest BCUT2D eigenvalue weighted by Crippen LogP contribution is -2.39. The van der Waals surface area contributed by atoms with Gasteiger partial charge in [0.2, 0.25) is 0 Å². The third-order valence-corrected chi connectivity index (χ3v) is 5.17. The first-order valence-electron chi connectivity index (χ1n) is 6.02. The quantitative estimate of drug-likeness (QED) is 0.564. The fourth-order valence-electron chi connectivity index (χ4n) is 2.43. The van der Waals surface area contributed by atoms with Crippen LogP contribution >= 0.6 is 22.6 Å². The molecule has 0 unspecified atom stereocenters. The summed E-state index contributed by atoms with van der Waals surface area (Å²) in [4.78, 5) is 0. The van der Waals surface area contributed by atoms with E-state index in [0.29, 0.717) is 6.10 Å². The Morgan fingerprint density at radius 2 is 1.86 bits per heavy atom. The highest BCUT2D eigenvalue weighted by molar-refractivity contribution is 14.1. The van der Waals surface area contributed by atoms with Gasteiger partial charge in [0.1, 0.15) is 0 Å². The van der Waals surface area contributed by atoms with E-state index in [1.807, 2.05) is 0 Å². The predicted octanol–water partition coefficient (Wildman–Crippen LogP) is 3.94. The third-order valence-electron chi connectivity index (χ3n) is 3.78. The molecule has 0 heterocycles. The highest BCUT2D eigenvalue weighted by atomic mass is 127. The van der Waals surface area contributed by atoms with Crippen molar-refractivity contribution in [3.05, 3.63) is 0 Å². The van der Waals surface area contributed by atoms with Crippen LogP contribution in [0.1, 0.15) is 51.9 Å². The Balaban J connectivity index is 1.86. The van der Waals surface area contributed by atoms with Crippen LogP contribution in [0.2, 0.25) is 0 Å². The van der Waals surface area contributed by atoms with Crippen LogP contribution in [0, 0.1) is 5.92 Å². The highest BCUT2D eigenvalue weighted by Gasteiger charge is 2.39. The molecule has 0 radical (unpaired) electrons. The average molecular weight is 308 g/mol. The van der Waals surface area contributed by atoms with E-state index in [4.69, 9.17) is 4.74 Å². The molecule has 0 aromatic carbocycles. The smallest absolute Gasteiger partial charge is 0.0775 e. The van der Waals surface area contributed by atoms with E-state index < -0.39 is 0 Å². The second-order valence-electron chi connectivity index (χ2n) is 4.99. The number of halogens is 1. The van der Waals surface area contributed by atoms with Gasteiger partial charge in [0.05, 0.1) is 11.7 Å². The van der Waals surface area contributed by atoms with Crippen molar-refractivity contribution in [1.29, 1.82) is 0 Å². The van der Waals surface area contributed by atoms with Crippen molar-refractivity contribution in [3.63, 3.8) is 0 Å². The number of hydrogen-bond acceptors (Lipinski definition) is 1. The summed E-state index contributed by atoms with van der Waals surface area (Å²) in [5.41, 5.74) is 0.271. The molecule has 82 valence electrons. The van der Waals surface area contributed by atoms with Gasteiger partial charge in [-0.1, -0.05) is 35.9 Å². The van der Waals surface area contributed by atoms with Gasteiger partial charge in [0.15, 0.2) is 0 Å². The number of alkyl halides is 1. The van der Waals surface area contributed by atoms with Crippen molar-refractivity contribution in [2.24, 2.45) is 5.92 Å². The first kappa shape index (κ1) is 11.2. The zero-order valence-electron chi connectivity index (χ0n) is 9.10.